The van der Waals surface area contributed by atoms with Gasteiger partial charge in [0, 0.05) is 16.4 Å². The first-order chi connectivity index (χ1) is 8.74. The van der Waals surface area contributed by atoms with Gasteiger partial charge in [-0.2, -0.15) is 5.26 Å². The smallest absolute Gasteiger partial charge is 0.148 e. The second-order valence-corrected chi connectivity index (χ2v) is 4.71. The van der Waals surface area contributed by atoms with Gasteiger partial charge in [0.1, 0.15) is 11.9 Å². The molecule has 0 saturated heterocycles. The van der Waals surface area contributed by atoms with Crippen molar-refractivity contribution in [2.75, 3.05) is 5.32 Å². The van der Waals surface area contributed by atoms with Gasteiger partial charge in [0.25, 0.3) is 0 Å². The summed E-state index contributed by atoms with van der Waals surface area (Å²) in [6.07, 6.45) is 2.59. The lowest BCUT2D eigenvalue weighted by atomic mass is 10.1. The lowest BCUT2D eigenvalue weighted by molar-refractivity contribution is 1.13. The van der Waals surface area contributed by atoms with E-state index in [1.165, 1.54) is 5.56 Å². The average molecular weight is 302 g/mol. The molecule has 4 heteroatoms. The Bertz CT molecular complexity index is 602. The van der Waals surface area contributed by atoms with Crippen molar-refractivity contribution in [1.29, 1.82) is 5.26 Å². The molecule has 2 aromatic rings. The Morgan fingerprint density at radius 1 is 1.39 bits per heavy atom. The van der Waals surface area contributed by atoms with Crippen LogP contribution in [0, 0.1) is 11.3 Å². The maximum atomic E-state index is 9.03. The van der Waals surface area contributed by atoms with Gasteiger partial charge in [-0.1, -0.05) is 22.9 Å². The van der Waals surface area contributed by atoms with Crippen LogP contribution in [-0.4, -0.2) is 4.98 Å². The van der Waals surface area contributed by atoms with E-state index in [1.807, 2.05) is 12.1 Å². The topological polar surface area (TPSA) is 48.7 Å². The highest BCUT2D eigenvalue weighted by Crippen LogP contribution is 2.25. The van der Waals surface area contributed by atoms with Crippen LogP contribution in [-0.2, 0) is 6.42 Å². The van der Waals surface area contributed by atoms with Gasteiger partial charge in [-0.05, 0) is 42.3 Å². The molecule has 1 heterocycles. The Hall–Kier alpha value is -1.86. The van der Waals surface area contributed by atoms with Crippen molar-refractivity contribution in [2.24, 2.45) is 0 Å². The Labute approximate surface area is 115 Å². The van der Waals surface area contributed by atoms with Crippen LogP contribution in [0.1, 0.15) is 18.1 Å². The van der Waals surface area contributed by atoms with E-state index in [0.717, 1.165) is 16.6 Å². The zero-order valence-electron chi connectivity index (χ0n) is 9.94. The summed E-state index contributed by atoms with van der Waals surface area (Å²) in [6, 6.07) is 11.7. The minimum atomic E-state index is 0.544. The van der Waals surface area contributed by atoms with E-state index >= 15 is 0 Å². The average Bonchev–Trinajstić information content (AvgIpc) is 2.41. The van der Waals surface area contributed by atoms with Gasteiger partial charge in [0.15, 0.2) is 0 Å². The Balaban J connectivity index is 2.37. The number of anilines is 2. The third kappa shape index (κ3) is 2.69. The van der Waals surface area contributed by atoms with Crippen LogP contribution in [0.15, 0.2) is 41.0 Å². The van der Waals surface area contributed by atoms with E-state index in [9.17, 15) is 0 Å². The molecule has 0 atom stereocenters. The quantitative estimate of drug-likeness (QED) is 0.931. The van der Waals surface area contributed by atoms with E-state index < -0.39 is 0 Å². The molecule has 1 aromatic heterocycles. The lowest BCUT2D eigenvalue weighted by Crippen LogP contribution is -1.99. The van der Waals surface area contributed by atoms with Gasteiger partial charge in [0.2, 0.25) is 0 Å². The first-order valence-electron chi connectivity index (χ1n) is 5.65. The third-order valence-electron chi connectivity index (χ3n) is 2.63. The van der Waals surface area contributed by atoms with E-state index in [4.69, 9.17) is 5.26 Å². The summed E-state index contributed by atoms with van der Waals surface area (Å²) in [5, 5.41) is 12.2. The molecule has 0 aliphatic heterocycles. The number of benzene rings is 1. The molecule has 90 valence electrons. The second-order valence-electron chi connectivity index (χ2n) is 3.79. The molecule has 1 N–H and O–H groups in total. The number of nitrogens with zero attached hydrogens (tertiary/aromatic N) is 2. The highest BCUT2D eigenvalue weighted by Gasteiger charge is 2.06. The van der Waals surface area contributed by atoms with Gasteiger partial charge in [0.05, 0.1) is 5.56 Å². The number of pyridine rings is 1. The van der Waals surface area contributed by atoms with Crippen molar-refractivity contribution >= 4 is 27.4 Å². The molecule has 0 radical (unpaired) electrons. The summed E-state index contributed by atoms with van der Waals surface area (Å²) < 4.78 is 1.05. The summed E-state index contributed by atoms with van der Waals surface area (Å²) in [6.45, 7) is 2.09. The SMILES string of the molecule is CCc1cc(Br)ccc1Nc1ncccc1C#N. The summed E-state index contributed by atoms with van der Waals surface area (Å²) in [5.74, 6) is 0.594. The Kier molecular flexibility index (Phi) is 3.96. The fraction of sp³-hybridized carbons (Fsp3) is 0.143. The number of aryl methyl sites for hydroxylation is 1. The van der Waals surface area contributed by atoms with Crippen LogP contribution in [0.25, 0.3) is 0 Å². The van der Waals surface area contributed by atoms with Gasteiger partial charge >= 0.3 is 0 Å². The van der Waals surface area contributed by atoms with Crippen LogP contribution in [0.3, 0.4) is 0 Å². The zero-order chi connectivity index (χ0) is 13.0. The first kappa shape index (κ1) is 12.6. The number of nitriles is 1. The first-order valence-corrected chi connectivity index (χ1v) is 6.44. The molecular formula is C14H12BrN3. The van der Waals surface area contributed by atoms with Crippen LogP contribution in [0.2, 0.25) is 0 Å². The molecule has 2 rings (SSSR count). The molecule has 18 heavy (non-hydrogen) atoms. The Morgan fingerprint density at radius 3 is 2.94 bits per heavy atom. The predicted octanol–water partition coefficient (Wildman–Crippen LogP) is 4.02. The number of hydrogen-bond acceptors (Lipinski definition) is 3. The highest BCUT2D eigenvalue weighted by molar-refractivity contribution is 9.10. The number of hydrogen-bond donors (Lipinski definition) is 1. The van der Waals surface area contributed by atoms with Crippen molar-refractivity contribution in [2.45, 2.75) is 13.3 Å². The molecule has 3 nitrogen and oxygen atoms in total. The molecule has 0 aliphatic carbocycles. The van der Waals surface area contributed by atoms with Crippen molar-refractivity contribution < 1.29 is 0 Å². The fourth-order valence-electron chi connectivity index (χ4n) is 1.70. The second kappa shape index (κ2) is 5.65. The number of rotatable bonds is 3. The monoisotopic (exact) mass is 301 g/mol. The van der Waals surface area contributed by atoms with Crippen molar-refractivity contribution in [3.8, 4) is 6.07 Å². The minimum Gasteiger partial charge on any atom is -0.339 e. The maximum absolute atomic E-state index is 9.03. The van der Waals surface area contributed by atoms with E-state index in [1.54, 1.807) is 18.3 Å². The molecule has 0 amide bonds. The van der Waals surface area contributed by atoms with Gasteiger partial charge in [-0.15, -0.1) is 0 Å². The number of halogens is 1. The zero-order valence-corrected chi connectivity index (χ0v) is 11.5. The molecular weight excluding hydrogens is 290 g/mol. The van der Waals surface area contributed by atoms with Crippen LogP contribution in [0.5, 0.6) is 0 Å². The van der Waals surface area contributed by atoms with Crippen molar-refractivity contribution in [3.63, 3.8) is 0 Å². The molecule has 0 unspecified atom stereocenters. The fourth-order valence-corrected chi connectivity index (χ4v) is 2.11. The standard InChI is InChI=1S/C14H12BrN3/c1-2-10-8-12(15)5-6-13(10)18-14-11(9-16)4-3-7-17-14/h3-8H,2H2,1H3,(H,17,18). The Morgan fingerprint density at radius 2 is 2.22 bits per heavy atom. The summed E-state index contributed by atoms with van der Waals surface area (Å²) in [7, 11) is 0. The van der Waals surface area contributed by atoms with Crippen LogP contribution >= 0.6 is 15.9 Å². The largest absolute Gasteiger partial charge is 0.339 e. The van der Waals surface area contributed by atoms with E-state index in [-0.39, 0.29) is 0 Å². The highest BCUT2D eigenvalue weighted by atomic mass is 79.9. The predicted molar refractivity (Wildman–Crippen MR) is 75.8 cm³/mol. The number of aromatic nitrogens is 1. The summed E-state index contributed by atoms with van der Waals surface area (Å²) >= 11 is 3.45. The van der Waals surface area contributed by atoms with Crippen molar-refractivity contribution in [1.82, 2.24) is 4.98 Å². The van der Waals surface area contributed by atoms with E-state index in [2.05, 4.69) is 45.3 Å². The molecule has 0 spiro atoms. The number of nitrogens with one attached hydrogen (secondary N) is 1. The summed E-state index contributed by atoms with van der Waals surface area (Å²) in [4.78, 5) is 4.20. The molecule has 1 aromatic carbocycles. The summed E-state index contributed by atoms with van der Waals surface area (Å²) in [5.41, 5.74) is 2.71. The molecule has 0 bridgehead atoms. The third-order valence-corrected chi connectivity index (χ3v) is 3.12. The van der Waals surface area contributed by atoms with Crippen molar-refractivity contribution in [3.05, 3.63) is 52.1 Å². The normalized spacial score (nSPS) is 9.83. The van der Waals surface area contributed by atoms with Gasteiger partial charge in [-0.25, -0.2) is 4.98 Å². The molecule has 0 saturated carbocycles. The van der Waals surface area contributed by atoms with Crippen LogP contribution < -0.4 is 5.32 Å². The van der Waals surface area contributed by atoms with Gasteiger partial charge in [-0.3, -0.25) is 0 Å². The maximum Gasteiger partial charge on any atom is 0.148 e. The molecule has 0 fully saturated rings. The minimum absolute atomic E-state index is 0.544. The van der Waals surface area contributed by atoms with Crippen LogP contribution in [0.4, 0.5) is 11.5 Å². The van der Waals surface area contributed by atoms with Gasteiger partial charge < -0.3 is 5.32 Å². The molecule has 0 aliphatic rings. The lowest BCUT2D eigenvalue weighted by Gasteiger charge is -2.11. The van der Waals surface area contributed by atoms with E-state index in [0.29, 0.717) is 11.4 Å².